The number of para-hydroxylation sites is 1. The van der Waals surface area contributed by atoms with E-state index in [2.05, 4.69) is 15.3 Å². The van der Waals surface area contributed by atoms with E-state index in [-0.39, 0.29) is 5.82 Å². The van der Waals surface area contributed by atoms with Crippen molar-refractivity contribution in [2.45, 2.75) is 19.1 Å². The number of carbonyl (C=O) groups is 1. The molecule has 0 bridgehead atoms. The summed E-state index contributed by atoms with van der Waals surface area (Å²) in [6, 6.07) is 11.4. The van der Waals surface area contributed by atoms with Crippen molar-refractivity contribution >= 4 is 16.8 Å². The van der Waals surface area contributed by atoms with Crippen LogP contribution in [0.1, 0.15) is 29.2 Å². The van der Waals surface area contributed by atoms with E-state index in [1.54, 1.807) is 31.2 Å². The van der Waals surface area contributed by atoms with Crippen molar-refractivity contribution < 1.29 is 14.3 Å². The van der Waals surface area contributed by atoms with E-state index in [1.165, 1.54) is 24.3 Å². The molecule has 1 heterocycles. The third kappa shape index (κ3) is 3.56. The summed E-state index contributed by atoms with van der Waals surface area (Å²) in [6.45, 7) is 1.60. The van der Waals surface area contributed by atoms with Crippen LogP contribution in [0.25, 0.3) is 10.9 Å². The van der Waals surface area contributed by atoms with Crippen LogP contribution in [-0.4, -0.2) is 27.0 Å². The van der Waals surface area contributed by atoms with E-state index in [4.69, 9.17) is 0 Å². The standard InChI is InChI=1S/C18H16FN3O3/c1-10(15(23)11-6-8-12(19)9-7-11)20-18(25)16-21-14-5-3-2-4-13(14)17(24)22-16/h2-10,15,23H,1H3,(H,20,25)(H,21,22,24)/t10-,15+/m0/s1. The Morgan fingerprint density at radius 1 is 1.20 bits per heavy atom. The first-order valence-corrected chi connectivity index (χ1v) is 7.69. The SMILES string of the molecule is C[C@H](NC(=O)c1nc2ccccc2c(=O)[nH]1)[C@@H](O)c1ccc(F)cc1. The lowest BCUT2D eigenvalue weighted by atomic mass is 10.0. The number of halogens is 1. The van der Waals surface area contributed by atoms with Crippen LogP contribution in [0, 0.1) is 5.82 Å². The molecule has 0 radical (unpaired) electrons. The molecule has 128 valence electrons. The van der Waals surface area contributed by atoms with Crippen LogP contribution in [0.3, 0.4) is 0 Å². The fourth-order valence-corrected chi connectivity index (χ4v) is 2.50. The Morgan fingerprint density at radius 2 is 1.88 bits per heavy atom. The number of aliphatic hydroxyl groups excluding tert-OH is 1. The summed E-state index contributed by atoms with van der Waals surface area (Å²) in [7, 11) is 0. The lowest BCUT2D eigenvalue weighted by Crippen LogP contribution is -2.38. The molecule has 7 heteroatoms. The van der Waals surface area contributed by atoms with Crippen molar-refractivity contribution in [3.63, 3.8) is 0 Å². The fraction of sp³-hybridized carbons (Fsp3) is 0.167. The molecule has 0 spiro atoms. The molecule has 0 unspecified atom stereocenters. The van der Waals surface area contributed by atoms with Gasteiger partial charge in [0.15, 0.2) is 5.82 Å². The molecule has 3 rings (SSSR count). The number of nitrogens with zero attached hydrogens (tertiary/aromatic N) is 1. The summed E-state index contributed by atoms with van der Waals surface area (Å²) in [6.07, 6.45) is -1.03. The number of hydrogen-bond acceptors (Lipinski definition) is 4. The van der Waals surface area contributed by atoms with Gasteiger partial charge in [0.2, 0.25) is 0 Å². The topological polar surface area (TPSA) is 95.1 Å². The summed E-state index contributed by atoms with van der Waals surface area (Å²) >= 11 is 0. The van der Waals surface area contributed by atoms with Crippen LogP contribution in [0.5, 0.6) is 0 Å². The second-order valence-corrected chi connectivity index (χ2v) is 5.69. The number of aromatic nitrogens is 2. The normalized spacial score (nSPS) is 13.4. The molecule has 0 aliphatic rings. The van der Waals surface area contributed by atoms with Gasteiger partial charge in [-0.2, -0.15) is 0 Å². The maximum absolute atomic E-state index is 13.0. The quantitative estimate of drug-likeness (QED) is 0.675. The average Bonchev–Trinajstić information content (AvgIpc) is 2.61. The monoisotopic (exact) mass is 341 g/mol. The van der Waals surface area contributed by atoms with Gasteiger partial charge >= 0.3 is 0 Å². The first kappa shape index (κ1) is 16.8. The van der Waals surface area contributed by atoms with Crippen molar-refractivity contribution in [3.8, 4) is 0 Å². The van der Waals surface area contributed by atoms with Crippen molar-refractivity contribution in [1.82, 2.24) is 15.3 Å². The van der Waals surface area contributed by atoms with Crippen molar-refractivity contribution in [1.29, 1.82) is 0 Å². The number of carbonyl (C=O) groups excluding carboxylic acids is 1. The maximum Gasteiger partial charge on any atom is 0.287 e. The number of aromatic amines is 1. The van der Waals surface area contributed by atoms with Gasteiger partial charge in [-0.15, -0.1) is 0 Å². The Morgan fingerprint density at radius 3 is 2.60 bits per heavy atom. The molecule has 0 aliphatic carbocycles. The zero-order chi connectivity index (χ0) is 18.0. The minimum atomic E-state index is -1.03. The Balaban J connectivity index is 1.79. The third-order valence-corrected chi connectivity index (χ3v) is 3.87. The van der Waals surface area contributed by atoms with E-state index in [1.807, 2.05) is 0 Å². The van der Waals surface area contributed by atoms with Gasteiger partial charge in [-0.1, -0.05) is 24.3 Å². The highest BCUT2D eigenvalue weighted by molar-refractivity contribution is 5.92. The van der Waals surface area contributed by atoms with Crippen molar-refractivity contribution in [3.05, 3.63) is 76.1 Å². The molecule has 0 saturated heterocycles. The van der Waals surface area contributed by atoms with Crippen molar-refractivity contribution in [2.24, 2.45) is 0 Å². The highest BCUT2D eigenvalue weighted by Gasteiger charge is 2.20. The summed E-state index contributed by atoms with van der Waals surface area (Å²) < 4.78 is 13.0. The zero-order valence-corrected chi connectivity index (χ0v) is 13.4. The van der Waals surface area contributed by atoms with E-state index >= 15 is 0 Å². The van der Waals surface area contributed by atoms with Crippen molar-refractivity contribution in [2.75, 3.05) is 0 Å². The molecule has 25 heavy (non-hydrogen) atoms. The molecule has 0 fully saturated rings. The van der Waals surface area contributed by atoms with Gasteiger partial charge in [0.25, 0.3) is 11.5 Å². The Bertz CT molecular complexity index is 969. The molecular formula is C18H16FN3O3. The number of aliphatic hydroxyl groups is 1. The summed E-state index contributed by atoms with van der Waals surface area (Å²) in [5.41, 5.74) is 0.458. The lowest BCUT2D eigenvalue weighted by Gasteiger charge is -2.20. The van der Waals surface area contributed by atoms with E-state index in [0.29, 0.717) is 16.5 Å². The minimum absolute atomic E-state index is 0.137. The smallest absolute Gasteiger partial charge is 0.287 e. The molecule has 2 atom stereocenters. The molecule has 3 aromatic rings. The van der Waals surface area contributed by atoms with E-state index in [9.17, 15) is 19.1 Å². The Labute approximate surface area is 142 Å². The zero-order valence-electron chi connectivity index (χ0n) is 13.4. The van der Waals surface area contributed by atoms with E-state index in [0.717, 1.165) is 0 Å². The second-order valence-electron chi connectivity index (χ2n) is 5.69. The molecule has 6 nitrogen and oxygen atoms in total. The van der Waals surface area contributed by atoms with Crippen LogP contribution >= 0.6 is 0 Å². The summed E-state index contributed by atoms with van der Waals surface area (Å²) in [4.78, 5) is 30.9. The number of fused-ring (bicyclic) bond motifs is 1. The van der Waals surface area contributed by atoms with E-state index < -0.39 is 29.4 Å². The van der Waals surface area contributed by atoms with Gasteiger partial charge in [0, 0.05) is 0 Å². The lowest BCUT2D eigenvalue weighted by molar-refractivity contribution is 0.0842. The Kier molecular flexibility index (Phi) is 4.58. The number of H-pyrrole nitrogens is 1. The van der Waals surface area contributed by atoms with Gasteiger partial charge in [0.1, 0.15) is 5.82 Å². The Hall–Kier alpha value is -3.06. The highest BCUT2D eigenvalue weighted by Crippen LogP contribution is 2.17. The fourth-order valence-electron chi connectivity index (χ4n) is 2.50. The number of benzene rings is 2. The molecule has 1 amide bonds. The first-order valence-electron chi connectivity index (χ1n) is 7.69. The minimum Gasteiger partial charge on any atom is -0.386 e. The van der Waals surface area contributed by atoms with Crippen LogP contribution in [-0.2, 0) is 0 Å². The first-order chi connectivity index (χ1) is 12.0. The highest BCUT2D eigenvalue weighted by atomic mass is 19.1. The molecule has 2 aromatic carbocycles. The van der Waals surface area contributed by atoms with Crippen LogP contribution in [0.4, 0.5) is 4.39 Å². The predicted molar refractivity (Wildman–Crippen MR) is 90.7 cm³/mol. The van der Waals surface area contributed by atoms with Crippen LogP contribution in [0.2, 0.25) is 0 Å². The molecule has 0 saturated carbocycles. The van der Waals surface area contributed by atoms with Gasteiger partial charge in [-0.05, 0) is 36.8 Å². The molecule has 3 N–H and O–H groups in total. The maximum atomic E-state index is 13.0. The summed E-state index contributed by atoms with van der Waals surface area (Å²) in [5.74, 6) is -1.16. The van der Waals surface area contributed by atoms with Crippen LogP contribution < -0.4 is 10.9 Å². The number of rotatable bonds is 4. The van der Waals surface area contributed by atoms with Gasteiger partial charge < -0.3 is 15.4 Å². The van der Waals surface area contributed by atoms with Gasteiger partial charge in [-0.3, -0.25) is 9.59 Å². The molecule has 0 aliphatic heterocycles. The predicted octanol–water partition coefficient (Wildman–Crippen LogP) is 1.91. The number of nitrogens with one attached hydrogen (secondary N) is 2. The number of amides is 1. The van der Waals surface area contributed by atoms with Gasteiger partial charge in [-0.25, -0.2) is 9.37 Å². The average molecular weight is 341 g/mol. The van der Waals surface area contributed by atoms with Gasteiger partial charge in [0.05, 0.1) is 23.0 Å². The van der Waals surface area contributed by atoms with Crippen LogP contribution in [0.15, 0.2) is 53.3 Å². The molecule has 1 aromatic heterocycles. The number of hydrogen-bond donors (Lipinski definition) is 3. The summed E-state index contributed by atoms with van der Waals surface area (Å²) in [5, 5.41) is 13.2. The second kappa shape index (κ2) is 6.82. The third-order valence-electron chi connectivity index (χ3n) is 3.87. The largest absolute Gasteiger partial charge is 0.386 e. The molecular weight excluding hydrogens is 325 g/mol.